The number of carbonyl (C=O) groups excluding carboxylic acids is 2. The predicted octanol–water partition coefficient (Wildman–Crippen LogP) is 4.42. The Bertz CT molecular complexity index is 829. The SMILES string of the molecule is CC(C)NC(=O)[C@H](C)N(Cc1cccc(Br)c1)C(=O)COc1cccc(Cl)c1. The van der Waals surface area contributed by atoms with Crippen molar-refractivity contribution in [2.45, 2.75) is 39.4 Å². The van der Waals surface area contributed by atoms with Crippen molar-refractivity contribution in [3.8, 4) is 5.75 Å². The van der Waals surface area contributed by atoms with Crippen molar-refractivity contribution in [1.82, 2.24) is 10.2 Å². The van der Waals surface area contributed by atoms with Gasteiger partial charge in [-0.25, -0.2) is 0 Å². The first kappa shape index (κ1) is 22.2. The second-order valence-electron chi connectivity index (χ2n) is 6.74. The Hall–Kier alpha value is -2.05. The highest BCUT2D eigenvalue weighted by atomic mass is 79.9. The number of ether oxygens (including phenoxy) is 1. The summed E-state index contributed by atoms with van der Waals surface area (Å²) in [6.07, 6.45) is 0. The van der Waals surface area contributed by atoms with Crippen molar-refractivity contribution in [1.29, 1.82) is 0 Å². The van der Waals surface area contributed by atoms with Gasteiger partial charge in [0.15, 0.2) is 6.61 Å². The highest BCUT2D eigenvalue weighted by Crippen LogP contribution is 2.18. The zero-order chi connectivity index (χ0) is 20.7. The first-order valence-electron chi connectivity index (χ1n) is 8.99. The third-order valence-electron chi connectivity index (χ3n) is 4.00. The first-order valence-corrected chi connectivity index (χ1v) is 10.2. The number of halogens is 2. The summed E-state index contributed by atoms with van der Waals surface area (Å²) in [6.45, 7) is 5.59. The lowest BCUT2D eigenvalue weighted by atomic mass is 10.1. The van der Waals surface area contributed by atoms with Gasteiger partial charge in [-0.1, -0.05) is 45.7 Å². The molecule has 0 saturated heterocycles. The van der Waals surface area contributed by atoms with Gasteiger partial charge in [-0.3, -0.25) is 9.59 Å². The average molecular weight is 468 g/mol. The summed E-state index contributed by atoms with van der Waals surface area (Å²) in [5.74, 6) is 0.00926. The van der Waals surface area contributed by atoms with Crippen molar-refractivity contribution >= 4 is 39.3 Å². The maximum atomic E-state index is 12.9. The zero-order valence-corrected chi connectivity index (χ0v) is 18.5. The van der Waals surface area contributed by atoms with Gasteiger partial charge in [0.1, 0.15) is 11.8 Å². The summed E-state index contributed by atoms with van der Waals surface area (Å²) >= 11 is 9.39. The Morgan fingerprint density at radius 2 is 1.86 bits per heavy atom. The molecule has 0 fully saturated rings. The van der Waals surface area contributed by atoms with E-state index in [1.165, 1.54) is 4.90 Å². The fraction of sp³-hybridized carbons (Fsp3) is 0.333. The monoisotopic (exact) mass is 466 g/mol. The quantitative estimate of drug-likeness (QED) is 0.625. The van der Waals surface area contributed by atoms with Gasteiger partial charge in [-0.15, -0.1) is 0 Å². The molecule has 0 aliphatic heterocycles. The number of amides is 2. The van der Waals surface area contributed by atoms with Crippen LogP contribution in [0.3, 0.4) is 0 Å². The van der Waals surface area contributed by atoms with Crippen LogP contribution in [0.2, 0.25) is 5.02 Å². The molecule has 150 valence electrons. The molecule has 2 amide bonds. The number of carbonyl (C=O) groups is 2. The molecule has 1 N–H and O–H groups in total. The Morgan fingerprint density at radius 1 is 1.14 bits per heavy atom. The van der Waals surface area contributed by atoms with E-state index in [4.69, 9.17) is 16.3 Å². The first-order chi connectivity index (χ1) is 13.3. The molecule has 0 heterocycles. The Balaban J connectivity index is 2.15. The van der Waals surface area contributed by atoms with Gasteiger partial charge < -0.3 is 15.0 Å². The average Bonchev–Trinajstić information content (AvgIpc) is 2.63. The summed E-state index contributed by atoms with van der Waals surface area (Å²) in [5, 5.41) is 3.38. The summed E-state index contributed by atoms with van der Waals surface area (Å²) in [7, 11) is 0. The Labute approximate surface area is 179 Å². The van der Waals surface area contributed by atoms with Crippen molar-refractivity contribution in [2.75, 3.05) is 6.61 Å². The number of nitrogens with zero attached hydrogens (tertiary/aromatic N) is 1. The van der Waals surface area contributed by atoms with E-state index in [9.17, 15) is 9.59 Å². The van der Waals surface area contributed by atoms with E-state index in [2.05, 4.69) is 21.2 Å². The predicted molar refractivity (Wildman–Crippen MR) is 114 cm³/mol. The third-order valence-corrected chi connectivity index (χ3v) is 4.73. The zero-order valence-electron chi connectivity index (χ0n) is 16.1. The molecule has 0 unspecified atom stereocenters. The van der Waals surface area contributed by atoms with Crippen molar-refractivity contribution in [3.63, 3.8) is 0 Å². The molecule has 2 rings (SSSR count). The molecule has 0 aliphatic rings. The van der Waals surface area contributed by atoms with E-state index in [0.29, 0.717) is 17.3 Å². The molecule has 0 saturated carbocycles. The molecule has 0 bridgehead atoms. The highest BCUT2D eigenvalue weighted by molar-refractivity contribution is 9.10. The van der Waals surface area contributed by atoms with Crippen molar-refractivity contribution in [2.24, 2.45) is 0 Å². The Morgan fingerprint density at radius 3 is 2.50 bits per heavy atom. The minimum Gasteiger partial charge on any atom is -0.484 e. The molecule has 0 spiro atoms. The van der Waals surface area contributed by atoms with Gasteiger partial charge >= 0.3 is 0 Å². The van der Waals surface area contributed by atoms with Crippen LogP contribution >= 0.6 is 27.5 Å². The molecule has 0 aliphatic carbocycles. The maximum absolute atomic E-state index is 12.9. The number of rotatable bonds is 8. The normalized spacial score (nSPS) is 11.8. The third kappa shape index (κ3) is 6.84. The fourth-order valence-electron chi connectivity index (χ4n) is 2.60. The molecule has 1 atom stereocenters. The fourth-order valence-corrected chi connectivity index (χ4v) is 3.23. The van der Waals surface area contributed by atoms with Crippen LogP contribution in [0.25, 0.3) is 0 Å². The van der Waals surface area contributed by atoms with Gasteiger partial charge in [-0.2, -0.15) is 0 Å². The van der Waals surface area contributed by atoms with E-state index in [0.717, 1.165) is 10.0 Å². The summed E-state index contributed by atoms with van der Waals surface area (Å²) in [5.41, 5.74) is 0.912. The van der Waals surface area contributed by atoms with Crippen LogP contribution in [-0.2, 0) is 16.1 Å². The van der Waals surface area contributed by atoms with Crippen molar-refractivity contribution in [3.05, 3.63) is 63.6 Å². The minimum absolute atomic E-state index is 0.0134. The highest BCUT2D eigenvalue weighted by Gasteiger charge is 2.27. The summed E-state index contributed by atoms with van der Waals surface area (Å²) in [6, 6.07) is 13.8. The molecule has 2 aromatic carbocycles. The Kier molecular flexibility index (Phi) is 8.33. The smallest absolute Gasteiger partial charge is 0.261 e. The van der Waals surface area contributed by atoms with E-state index < -0.39 is 6.04 Å². The van der Waals surface area contributed by atoms with Gasteiger partial charge in [0.25, 0.3) is 5.91 Å². The molecular formula is C21H24BrClN2O3. The van der Waals surface area contributed by atoms with Gasteiger partial charge in [0, 0.05) is 22.1 Å². The van der Waals surface area contributed by atoms with Crippen molar-refractivity contribution < 1.29 is 14.3 Å². The second kappa shape index (κ2) is 10.5. The largest absolute Gasteiger partial charge is 0.484 e. The molecule has 5 nitrogen and oxygen atoms in total. The number of nitrogens with one attached hydrogen (secondary N) is 1. The van der Waals surface area contributed by atoms with Gasteiger partial charge in [0.05, 0.1) is 0 Å². The van der Waals surface area contributed by atoms with Gasteiger partial charge in [0.2, 0.25) is 5.91 Å². The lowest BCUT2D eigenvalue weighted by Crippen LogP contribution is -2.50. The molecule has 0 radical (unpaired) electrons. The summed E-state index contributed by atoms with van der Waals surface area (Å²) < 4.78 is 6.49. The number of hydrogen-bond acceptors (Lipinski definition) is 3. The molecule has 7 heteroatoms. The van der Waals surface area contributed by atoms with Crippen LogP contribution in [0, 0.1) is 0 Å². The second-order valence-corrected chi connectivity index (χ2v) is 8.09. The number of hydrogen-bond donors (Lipinski definition) is 1. The van der Waals surface area contributed by atoms with E-state index in [1.54, 1.807) is 31.2 Å². The van der Waals surface area contributed by atoms with Crippen LogP contribution in [-0.4, -0.2) is 35.4 Å². The minimum atomic E-state index is -0.642. The lowest BCUT2D eigenvalue weighted by molar-refractivity contribution is -0.142. The molecule has 28 heavy (non-hydrogen) atoms. The topological polar surface area (TPSA) is 58.6 Å². The lowest BCUT2D eigenvalue weighted by Gasteiger charge is -2.29. The summed E-state index contributed by atoms with van der Waals surface area (Å²) in [4.78, 5) is 26.9. The van der Waals surface area contributed by atoms with Crippen LogP contribution in [0.5, 0.6) is 5.75 Å². The van der Waals surface area contributed by atoms with Crippen LogP contribution in [0.1, 0.15) is 26.3 Å². The molecular weight excluding hydrogens is 444 g/mol. The number of benzene rings is 2. The van der Waals surface area contributed by atoms with Gasteiger partial charge in [-0.05, 0) is 56.7 Å². The molecule has 0 aromatic heterocycles. The van der Waals surface area contributed by atoms with E-state index in [1.807, 2.05) is 38.1 Å². The van der Waals surface area contributed by atoms with E-state index >= 15 is 0 Å². The molecule has 2 aromatic rings. The van der Waals surface area contributed by atoms with Crippen LogP contribution < -0.4 is 10.1 Å². The van der Waals surface area contributed by atoms with Crippen LogP contribution in [0.15, 0.2) is 53.0 Å². The van der Waals surface area contributed by atoms with E-state index in [-0.39, 0.29) is 24.5 Å². The maximum Gasteiger partial charge on any atom is 0.261 e. The van der Waals surface area contributed by atoms with Crippen LogP contribution in [0.4, 0.5) is 0 Å². The standard InChI is InChI=1S/C21H24BrClN2O3/c1-14(2)24-21(27)15(3)25(12-16-6-4-7-17(22)10-16)20(26)13-28-19-9-5-8-18(23)11-19/h4-11,14-15H,12-13H2,1-3H3,(H,24,27)/t15-/m0/s1.